The van der Waals surface area contributed by atoms with Crippen molar-refractivity contribution in [1.82, 2.24) is 40.1 Å². The molecule has 0 bridgehead atoms. The van der Waals surface area contributed by atoms with Crippen LogP contribution in [0.4, 0.5) is 4.79 Å². The van der Waals surface area contributed by atoms with Gasteiger partial charge in [-0.2, -0.15) is 5.10 Å². The van der Waals surface area contributed by atoms with Crippen LogP contribution in [0.5, 0.6) is 0 Å². The van der Waals surface area contributed by atoms with Crippen molar-refractivity contribution in [2.24, 2.45) is 18.9 Å². The highest BCUT2D eigenvalue weighted by atomic mass is 35.5. The topological polar surface area (TPSA) is 121 Å². The number of hydrogen-bond donors (Lipinski definition) is 2. The van der Waals surface area contributed by atoms with Crippen LogP contribution >= 0.6 is 11.6 Å². The van der Waals surface area contributed by atoms with E-state index in [1.807, 2.05) is 38.4 Å². The number of hydroxylamine groups is 1. The largest absolute Gasteiger partial charge is 0.427 e. The average molecular weight is 565 g/mol. The highest BCUT2D eigenvalue weighted by Gasteiger charge is 2.31. The third-order valence-electron chi connectivity index (χ3n) is 7.73. The van der Waals surface area contributed by atoms with Gasteiger partial charge in [-0.3, -0.25) is 15.0 Å². The number of nitrogens with zero attached hydrogens (tertiary/aromatic N) is 6. The summed E-state index contributed by atoms with van der Waals surface area (Å²) in [6.45, 7) is 5.58. The summed E-state index contributed by atoms with van der Waals surface area (Å²) in [6.07, 6.45) is 8.30. The zero-order valence-corrected chi connectivity index (χ0v) is 23.6. The van der Waals surface area contributed by atoms with Gasteiger partial charge in [0.05, 0.1) is 33.1 Å². The van der Waals surface area contributed by atoms with E-state index in [1.165, 1.54) is 12.8 Å². The Kier molecular flexibility index (Phi) is 7.43. The molecule has 2 N–H and O–H groups in total. The zero-order chi connectivity index (χ0) is 27.8. The summed E-state index contributed by atoms with van der Waals surface area (Å²) in [7, 11) is 1.89. The normalized spacial score (nSPS) is 21.9. The summed E-state index contributed by atoms with van der Waals surface area (Å²) in [5, 5.41) is 7.92. The van der Waals surface area contributed by atoms with Crippen LogP contribution in [-0.4, -0.2) is 42.0 Å². The SMILES string of the molecule is CCOC(c1ccn(C)n1)c1nc2cc(C3NOC(=O)N3)nc(-c3cncc(Cl)c3)c2n1CC1CCC(C)CC1. The van der Waals surface area contributed by atoms with E-state index in [9.17, 15) is 4.79 Å². The number of ether oxygens (including phenoxy) is 1. The Balaban J connectivity index is 1.57. The first-order valence-corrected chi connectivity index (χ1v) is 14.1. The van der Waals surface area contributed by atoms with Gasteiger partial charge in [0, 0.05) is 44.4 Å². The number of hydrogen-bond acceptors (Lipinski definition) is 8. The maximum Gasteiger partial charge on any atom is 0.427 e. The molecule has 6 rings (SSSR count). The Labute approximate surface area is 237 Å². The molecular formula is C28H33ClN8O3. The van der Waals surface area contributed by atoms with Gasteiger partial charge in [-0.15, -0.1) is 5.48 Å². The van der Waals surface area contributed by atoms with Gasteiger partial charge in [0.25, 0.3) is 0 Å². The maximum atomic E-state index is 11.8. The minimum absolute atomic E-state index is 0.470. The second-order valence-corrected chi connectivity index (χ2v) is 11.1. The molecule has 0 spiro atoms. The van der Waals surface area contributed by atoms with Crippen LogP contribution in [0.3, 0.4) is 0 Å². The molecule has 1 aliphatic heterocycles. The molecule has 2 aliphatic rings. The van der Waals surface area contributed by atoms with Crippen LogP contribution in [0.1, 0.15) is 69.0 Å². The monoisotopic (exact) mass is 564 g/mol. The number of amides is 1. The molecule has 1 saturated carbocycles. The van der Waals surface area contributed by atoms with Gasteiger partial charge < -0.3 is 14.1 Å². The number of nitrogens with one attached hydrogen (secondary N) is 2. The first-order chi connectivity index (χ1) is 19.4. The summed E-state index contributed by atoms with van der Waals surface area (Å²) in [5.74, 6) is 2.00. The van der Waals surface area contributed by atoms with Crippen molar-refractivity contribution >= 4 is 28.7 Å². The lowest BCUT2D eigenvalue weighted by molar-refractivity contribution is 0.0783. The summed E-state index contributed by atoms with van der Waals surface area (Å²) < 4.78 is 10.3. The first kappa shape index (κ1) is 26.7. The number of aromatic nitrogens is 6. The molecule has 2 unspecified atom stereocenters. The molecule has 1 saturated heterocycles. The molecule has 2 atom stereocenters. The van der Waals surface area contributed by atoms with E-state index in [2.05, 4.69) is 32.4 Å². The van der Waals surface area contributed by atoms with Crippen molar-refractivity contribution in [3.05, 3.63) is 59.0 Å². The van der Waals surface area contributed by atoms with Crippen LogP contribution in [0.15, 0.2) is 36.8 Å². The number of carbonyl (C=O) groups excluding carboxylic acids is 1. The number of pyridine rings is 2. The number of aryl methyl sites for hydroxylation is 1. The molecule has 5 heterocycles. The number of rotatable bonds is 8. The third-order valence-corrected chi connectivity index (χ3v) is 7.93. The third kappa shape index (κ3) is 5.28. The fourth-order valence-electron chi connectivity index (χ4n) is 5.69. The summed E-state index contributed by atoms with van der Waals surface area (Å²) >= 11 is 6.39. The Bertz CT molecular complexity index is 1530. The van der Waals surface area contributed by atoms with Crippen LogP contribution in [-0.2, 0) is 23.2 Å². The second-order valence-electron chi connectivity index (χ2n) is 10.7. The highest BCUT2D eigenvalue weighted by molar-refractivity contribution is 6.30. The van der Waals surface area contributed by atoms with Crippen LogP contribution in [0, 0.1) is 11.8 Å². The van der Waals surface area contributed by atoms with Crippen molar-refractivity contribution in [3.8, 4) is 11.3 Å². The molecule has 4 aromatic rings. The predicted molar refractivity (Wildman–Crippen MR) is 149 cm³/mol. The minimum Gasteiger partial charge on any atom is -0.364 e. The molecule has 0 radical (unpaired) electrons. The molecule has 0 aromatic carbocycles. The maximum absolute atomic E-state index is 11.8. The standard InChI is InChI=1S/C28H33ClN8O3/c1-4-39-25(20-9-10-36(3)34-20)27-32-21-12-22(26-33-28(38)40-35-26)31-23(18-11-19(29)14-30-13-18)24(21)37(27)15-17-7-5-16(2)6-8-17/h9-14,16-17,25-26,35H,4-8,15H2,1-3H3,(H,33,38). The van der Waals surface area contributed by atoms with E-state index in [0.29, 0.717) is 28.9 Å². The molecule has 4 aromatic heterocycles. The minimum atomic E-state index is -0.630. The second kappa shape index (κ2) is 11.1. The van der Waals surface area contributed by atoms with E-state index < -0.39 is 18.4 Å². The van der Waals surface area contributed by atoms with Crippen molar-refractivity contribution in [1.29, 1.82) is 0 Å². The van der Waals surface area contributed by atoms with Gasteiger partial charge in [0.1, 0.15) is 5.82 Å². The number of carbonyl (C=O) groups is 1. The number of fused-ring (bicyclic) bond motifs is 1. The fraction of sp³-hybridized carbons (Fsp3) is 0.464. The van der Waals surface area contributed by atoms with E-state index in [0.717, 1.165) is 53.4 Å². The molecule has 11 nitrogen and oxygen atoms in total. The fourth-order valence-corrected chi connectivity index (χ4v) is 5.87. The average Bonchev–Trinajstić information content (AvgIpc) is 3.67. The van der Waals surface area contributed by atoms with Crippen molar-refractivity contribution in [2.45, 2.75) is 58.3 Å². The first-order valence-electron chi connectivity index (χ1n) is 13.8. The van der Waals surface area contributed by atoms with Gasteiger partial charge in [-0.1, -0.05) is 31.4 Å². The van der Waals surface area contributed by atoms with Gasteiger partial charge in [-0.05, 0) is 49.8 Å². The Morgan fingerprint density at radius 2 is 2.02 bits per heavy atom. The molecular weight excluding hydrogens is 532 g/mol. The molecule has 40 heavy (non-hydrogen) atoms. The van der Waals surface area contributed by atoms with Crippen LogP contribution < -0.4 is 10.8 Å². The Morgan fingerprint density at radius 3 is 2.70 bits per heavy atom. The van der Waals surface area contributed by atoms with Crippen molar-refractivity contribution in [3.63, 3.8) is 0 Å². The van der Waals surface area contributed by atoms with E-state index in [1.54, 1.807) is 17.1 Å². The lowest BCUT2D eigenvalue weighted by Gasteiger charge is -2.28. The predicted octanol–water partition coefficient (Wildman–Crippen LogP) is 5.08. The van der Waals surface area contributed by atoms with Gasteiger partial charge in [-0.25, -0.2) is 14.8 Å². The van der Waals surface area contributed by atoms with Gasteiger partial charge in [0.15, 0.2) is 12.3 Å². The van der Waals surface area contributed by atoms with Crippen molar-refractivity contribution < 1.29 is 14.4 Å². The van der Waals surface area contributed by atoms with E-state index in [-0.39, 0.29) is 0 Å². The number of halogens is 1. The zero-order valence-electron chi connectivity index (χ0n) is 22.8. The van der Waals surface area contributed by atoms with Crippen LogP contribution in [0.25, 0.3) is 22.3 Å². The highest BCUT2D eigenvalue weighted by Crippen LogP contribution is 2.37. The smallest absolute Gasteiger partial charge is 0.364 e. The van der Waals surface area contributed by atoms with Crippen LogP contribution in [0.2, 0.25) is 5.02 Å². The summed E-state index contributed by atoms with van der Waals surface area (Å²) in [5.41, 5.74) is 7.06. The van der Waals surface area contributed by atoms with Gasteiger partial charge in [0.2, 0.25) is 0 Å². The Morgan fingerprint density at radius 1 is 1.20 bits per heavy atom. The summed E-state index contributed by atoms with van der Waals surface area (Å²) in [6, 6.07) is 5.69. The summed E-state index contributed by atoms with van der Waals surface area (Å²) in [4.78, 5) is 31.3. The molecule has 210 valence electrons. The number of imidazole rings is 1. The molecule has 1 aliphatic carbocycles. The van der Waals surface area contributed by atoms with E-state index in [4.69, 9.17) is 31.1 Å². The Hall–Kier alpha value is -3.54. The molecule has 1 amide bonds. The van der Waals surface area contributed by atoms with E-state index >= 15 is 0 Å². The van der Waals surface area contributed by atoms with Crippen molar-refractivity contribution in [2.75, 3.05) is 6.61 Å². The quantitative estimate of drug-likeness (QED) is 0.304. The van der Waals surface area contributed by atoms with Gasteiger partial charge >= 0.3 is 6.09 Å². The lowest BCUT2D eigenvalue weighted by Crippen LogP contribution is -2.24. The lowest BCUT2D eigenvalue weighted by atomic mass is 9.83. The molecule has 12 heteroatoms. The molecule has 2 fully saturated rings.